The number of hydrogen-bond donors (Lipinski definition) is 0. The Hall–Kier alpha value is -3.07. The van der Waals surface area contributed by atoms with Crippen molar-refractivity contribution in [2.24, 2.45) is 0 Å². The number of hydrogen-bond acceptors (Lipinski definition) is 3. The maximum atomic E-state index is 6.63. The fourth-order valence-electron chi connectivity index (χ4n) is 4.64. The molecule has 0 N–H and O–H groups in total. The Morgan fingerprint density at radius 3 is 1.67 bits per heavy atom. The smallest absolute Gasteiger partial charge is 0.529 e. The topological polar surface area (TPSA) is 27.7 Å². The molecule has 0 saturated heterocycles. The summed E-state index contributed by atoms with van der Waals surface area (Å²) < 4.78 is 19.4. The van der Waals surface area contributed by atoms with Crippen molar-refractivity contribution in [3.8, 4) is 11.5 Å². The predicted octanol–water partition coefficient (Wildman–Crippen LogP) is 3.59. The van der Waals surface area contributed by atoms with Gasteiger partial charge >= 0.3 is 6.75 Å². The van der Waals surface area contributed by atoms with E-state index in [-0.39, 0.29) is 0 Å². The molecule has 0 amide bonds. The summed E-state index contributed by atoms with van der Waals surface area (Å²) in [6.07, 6.45) is 0.534. The zero-order chi connectivity index (χ0) is 20.0. The molecule has 2 heterocycles. The zero-order valence-electron chi connectivity index (χ0n) is 16.3. The Morgan fingerprint density at radius 2 is 1.07 bits per heavy atom. The van der Waals surface area contributed by atoms with Crippen molar-refractivity contribution in [1.29, 1.82) is 0 Å². The molecule has 146 valence electrons. The molecule has 2 aliphatic heterocycles. The average Bonchev–Trinajstić information content (AvgIpc) is 3.20. The van der Waals surface area contributed by atoms with Gasteiger partial charge in [-0.3, -0.25) is 0 Å². The van der Waals surface area contributed by atoms with Gasteiger partial charge in [0.05, 0.1) is 5.30 Å². The van der Waals surface area contributed by atoms with Gasteiger partial charge in [-0.2, -0.15) is 0 Å². The molecule has 0 radical (unpaired) electrons. The molecule has 30 heavy (non-hydrogen) atoms. The molecule has 0 bridgehead atoms. The maximum Gasteiger partial charge on any atom is 0.529 e. The van der Waals surface area contributed by atoms with E-state index < -0.39 is 14.0 Å². The van der Waals surface area contributed by atoms with Crippen LogP contribution in [-0.4, -0.2) is 13.1 Å². The highest BCUT2D eigenvalue weighted by Gasteiger charge is 2.57. The summed E-state index contributed by atoms with van der Waals surface area (Å²) >= 11 is 0. The van der Waals surface area contributed by atoms with Gasteiger partial charge in [-0.25, -0.2) is 0 Å². The lowest BCUT2D eigenvalue weighted by Crippen LogP contribution is -2.68. The minimum absolute atomic E-state index is 0.534. The van der Waals surface area contributed by atoms with Gasteiger partial charge in [0.15, 0.2) is 0 Å². The summed E-state index contributed by atoms with van der Waals surface area (Å²) in [7, 11) is -2.03. The molecule has 5 heteroatoms. The number of fused-ring (bicyclic) bond motifs is 3. The first-order chi connectivity index (χ1) is 14.8. The van der Waals surface area contributed by atoms with E-state index in [0.717, 1.165) is 17.0 Å². The van der Waals surface area contributed by atoms with E-state index in [0.29, 0.717) is 6.35 Å². The van der Waals surface area contributed by atoms with Crippen LogP contribution in [0.4, 0.5) is 0 Å². The molecule has 3 nitrogen and oxygen atoms in total. The van der Waals surface area contributed by atoms with Crippen LogP contribution in [0.15, 0.2) is 109 Å². The van der Waals surface area contributed by atoms with Gasteiger partial charge in [-0.15, -0.1) is 0 Å². The SMILES string of the molecule is c1ccc([P+]2(c3ccccc3)CO[B-]3(Oc4ccccc4O3)c3ccccc32)cc1. The van der Waals surface area contributed by atoms with Crippen LogP contribution in [0.1, 0.15) is 0 Å². The summed E-state index contributed by atoms with van der Waals surface area (Å²) in [6, 6.07) is 37.7. The second-order valence-electron chi connectivity index (χ2n) is 7.66. The third-order valence-electron chi connectivity index (χ3n) is 6.02. The molecule has 0 saturated carbocycles. The standard InChI is InChI=1S/C25H20BO3P/c1-3-11-20(12-4-1)30(21-13-5-2-6-14-21)19-27-26(22-15-7-10-18-25(22)30)28-23-16-8-9-17-24(23)29-26/h1-18H,19H2. The van der Waals surface area contributed by atoms with Crippen LogP contribution in [0.2, 0.25) is 0 Å². The van der Waals surface area contributed by atoms with Crippen LogP contribution in [0.25, 0.3) is 0 Å². The lowest BCUT2D eigenvalue weighted by molar-refractivity contribution is 0.238. The Balaban J connectivity index is 1.60. The van der Waals surface area contributed by atoms with Gasteiger partial charge in [-0.05, 0) is 47.9 Å². The molecule has 1 spiro atoms. The van der Waals surface area contributed by atoms with Crippen molar-refractivity contribution in [2.45, 2.75) is 0 Å². The second-order valence-corrected chi connectivity index (χ2v) is 11.1. The first-order valence-electron chi connectivity index (χ1n) is 10.2. The molecule has 0 unspecified atom stereocenters. The van der Waals surface area contributed by atoms with Gasteiger partial charge < -0.3 is 14.0 Å². The van der Waals surface area contributed by atoms with Gasteiger partial charge in [-0.1, -0.05) is 66.7 Å². The van der Waals surface area contributed by atoms with Crippen molar-refractivity contribution in [2.75, 3.05) is 6.35 Å². The fourth-order valence-corrected chi connectivity index (χ4v) is 8.73. The van der Waals surface area contributed by atoms with Gasteiger partial charge in [0.2, 0.25) is 0 Å². The molecule has 4 aromatic rings. The van der Waals surface area contributed by atoms with Gasteiger partial charge in [0.1, 0.15) is 35.7 Å². The third kappa shape index (κ3) is 2.48. The molecule has 4 aromatic carbocycles. The van der Waals surface area contributed by atoms with Crippen molar-refractivity contribution in [3.05, 3.63) is 109 Å². The Labute approximate surface area is 176 Å². The van der Waals surface area contributed by atoms with E-state index in [1.807, 2.05) is 30.3 Å². The van der Waals surface area contributed by atoms with Crippen LogP contribution in [0.3, 0.4) is 0 Å². The summed E-state index contributed by atoms with van der Waals surface area (Å²) in [5.41, 5.74) is 1.00. The van der Waals surface area contributed by atoms with Crippen molar-refractivity contribution in [3.63, 3.8) is 0 Å². The minimum atomic E-state index is -2.07. The molecule has 0 aromatic heterocycles. The van der Waals surface area contributed by atoms with Crippen LogP contribution in [0, 0.1) is 0 Å². The van der Waals surface area contributed by atoms with E-state index in [4.69, 9.17) is 14.0 Å². The number of rotatable bonds is 2. The average molecular weight is 410 g/mol. The third-order valence-corrected chi connectivity index (χ3v) is 10.1. The van der Waals surface area contributed by atoms with Crippen molar-refractivity contribution in [1.82, 2.24) is 0 Å². The summed E-state index contributed by atoms with van der Waals surface area (Å²) in [5, 5.41) is 3.86. The Bertz CT molecular complexity index is 1150. The monoisotopic (exact) mass is 410 g/mol. The highest BCUT2D eigenvalue weighted by molar-refractivity contribution is 7.96. The molecule has 6 rings (SSSR count). The van der Waals surface area contributed by atoms with Crippen LogP contribution in [-0.2, 0) is 4.65 Å². The van der Waals surface area contributed by atoms with Gasteiger partial charge in [0.25, 0.3) is 0 Å². The van der Waals surface area contributed by atoms with Crippen molar-refractivity contribution >= 4 is 35.4 Å². The van der Waals surface area contributed by atoms with Gasteiger partial charge in [0, 0.05) is 0 Å². The molecular formula is C25H20BO3P. The minimum Gasteiger partial charge on any atom is -0.653 e. The van der Waals surface area contributed by atoms with E-state index in [2.05, 4.69) is 78.9 Å². The van der Waals surface area contributed by atoms with E-state index >= 15 is 0 Å². The second kappa shape index (κ2) is 6.73. The fraction of sp³-hybridized carbons (Fsp3) is 0.0400. The largest absolute Gasteiger partial charge is 0.653 e. The Kier molecular flexibility index (Phi) is 3.99. The van der Waals surface area contributed by atoms with E-state index in [1.54, 1.807) is 0 Å². The van der Waals surface area contributed by atoms with Crippen LogP contribution >= 0.6 is 7.26 Å². The number of para-hydroxylation sites is 2. The summed E-state index contributed by atoms with van der Waals surface area (Å²) in [6.45, 7) is -2.07. The first-order valence-corrected chi connectivity index (χ1v) is 12.1. The molecule has 0 fully saturated rings. The zero-order valence-corrected chi connectivity index (χ0v) is 17.2. The molecule has 0 aliphatic carbocycles. The van der Waals surface area contributed by atoms with Crippen molar-refractivity contribution < 1.29 is 14.0 Å². The van der Waals surface area contributed by atoms with E-state index in [9.17, 15) is 0 Å². The lowest BCUT2D eigenvalue weighted by Gasteiger charge is -2.45. The maximum absolute atomic E-state index is 6.63. The quantitative estimate of drug-likeness (QED) is 0.374. The normalized spacial score (nSPS) is 17.5. The molecular weight excluding hydrogens is 390 g/mol. The number of benzene rings is 4. The lowest BCUT2D eigenvalue weighted by atomic mass is 9.69. The highest BCUT2D eigenvalue weighted by Crippen LogP contribution is 2.58. The molecule has 2 aliphatic rings. The van der Waals surface area contributed by atoms with Crippen LogP contribution in [0.5, 0.6) is 11.5 Å². The molecule has 0 atom stereocenters. The highest BCUT2D eigenvalue weighted by atomic mass is 31.2. The van der Waals surface area contributed by atoms with E-state index in [1.165, 1.54) is 15.9 Å². The Morgan fingerprint density at radius 1 is 0.567 bits per heavy atom. The summed E-state index contributed by atoms with van der Waals surface area (Å²) in [5.74, 6) is 1.47. The predicted molar refractivity (Wildman–Crippen MR) is 124 cm³/mol. The summed E-state index contributed by atoms with van der Waals surface area (Å²) in [4.78, 5) is 0. The van der Waals surface area contributed by atoms with Crippen LogP contribution < -0.4 is 30.7 Å². The first kappa shape index (κ1) is 17.8.